The third-order valence-electron chi connectivity index (χ3n) is 5.80. The summed E-state index contributed by atoms with van der Waals surface area (Å²) in [5, 5.41) is 10.3. The Balaban J connectivity index is 1.51. The maximum Gasteiger partial charge on any atom is 0.249 e. The minimum Gasteiger partial charge on any atom is -0.307 e. The van der Waals surface area contributed by atoms with Gasteiger partial charge >= 0.3 is 0 Å². The summed E-state index contributed by atoms with van der Waals surface area (Å²) in [6.45, 7) is 10.3. The van der Waals surface area contributed by atoms with Gasteiger partial charge in [0, 0.05) is 28.6 Å². The third kappa shape index (κ3) is 4.24. The van der Waals surface area contributed by atoms with E-state index < -0.39 is 0 Å². The standard InChI is InChI=1S/C26H26N6S/c1-15-6-9-20(10-7-15)13-22-18(4)27-19(5)28-24(22)29-25-30-26-32(31-25)23(14-33-26)21-11-8-16(2)12-17(21)3/h6-12,14H,13H2,1-5H3,(H,27,28,29,31). The fraction of sp³-hybridized carbons (Fsp3) is 0.231. The van der Waals surface area contributed by atoms with Gasteiger partial charge < -0.3 is 5.32 Å². The first-order valence-electron chi connectivity index (χ1n) is 11.0. The fourth-order valence-corrected chi connectivity index (χ4v) is 4.91. The van der Waals surface area contributed by atoms with Gasteiger partial charge in [0.05, 0.1) is 5.69 Å². The number of fused-ring (bicyclic) bond motifs is 1. The van der Waals surface area contributed by atoms with Crippen LogP contribution in [0.25, 0.3) is 16.2 Å². The van der Waals surface area contributed by atoms with Crippen molar-refractivity contribution in [2.75, 3.05) is 5.32 Å². The van der Waals surface area contributed by atoms with Gasteiger partial charge in [0.1, 0.15) is 11.6 Å². The lowest BCUT2D eigenvalue weighted by Crippen LogP contribution is -2.07. The third-order valence-corrected chi connectivity index (χ3v) is 6.61. The summed E-state index contributed by atoms with van der Waals surface area (Å²) >= 11 is 1.58. The molecule has 0 atom stereocenters. The molecule has 0 aliphatic rings. The normalized spacial score (nSPS) is 11.3. The number of aryl methyl sites for hydroxylation is 5. The van der Waals surface area contributed by atoms with Crippen molar-refractivity contribution in [2.24, 2.45) is 0 Å². The molecule has 7 heteroatoms. The zero-order valence-corrected chi connectivity index (χ0v) is 20.3. The Kier molecular flexibility index (Phi) is 5.42. The highest BCUT2D eigenvalue weighted by Crippen LogP contribution is 2.30. The average Bonchev–Trinajstić information content (AvgIpc) is 3.32. The number of thiazole rings is 1. The number of anilines is 2. The molecule has 0 fully saturated rings. The molecule has 0 aliphatic heterocycles. The second kappa shape index (κ2) is 8.41. The van der Waals surface area contributed by atoms with Crippen LogP contribution in [-0.2, 0) is 6.42 Å². The van der Waals surface area contributed by atoms with Crippen LogP contribution in [0.1, 0.15) is 39.3 Å². The minimum absolute atomic E-state index is 0.538. The maximum absolute atomic E-state index is 4.77. The first kappa shape index (κ1) is 21.3. The van der Waals surface area contributed by atoms with Crippen molar-refractivity contribution < 1.29 is 0 Å². The van der Waals surface area contributed by atoms with Crippen molar-refractivity contribution in [1.29, 1.82) is 0 Å². The minimum atomic E-state index is 0.538. The molecule has 3 heterocycles. The summed E-state index contributed by atoms with van der Waals surface area (Å²) in [7, 11) is 0. The van der Waals surface area contributed by atoms with E-state index in [1.165, 1.54) is 22.3 Å². The first-order valence-corrected chi connectivity index (χ1v) is 11.8. The lowest BCUT2D eigenvalue weighted by molar-refractivity contribution is 0.952. The molecule has 0 saturated carbocycles. The van der Waals surface area contributed by atoms with Gasteiger partial charge in [-0.2, -0.15) is 4.98 Å². The van der Waals surface area contributed by atoms with Gasteiger partial charge in [0.2, 0.25) is 10.9 Å². The quantitative estimate of drug-likeness (QED) is 0.346. The van der Waals surface area contributed by atoms with Crippen molar-refractivity contribution in [2.45, 2.75) is 41.0 Å². The highest BCUT2D eigenvalue weighted by Gasteiger charge is 2.17. The van der Waals surface area contributed by atoms with E-state index in [1.54, 1.807) is 11.3 Å². The van der Waals surface area contributed by atoms with Crippen molar-refractivity contribution in [1.82, 2.24) is 24.6 Å². The molecule has 0 saturated heterocycles. The molecule has 0 bridgehead atoms. The van der Waals surface area contributed by atoms with Crippen molar-refractivity contribution >= 4 is 28.1 Å². The number of aromatic nitrogens is 5. The van der Waals surface area contributed by atoms with Crippen molar-refractivity contribution in [3.63, 3.8) is 0 Å². The van der Waals surface area contributed by atoms with Gasteiger partial charge in [-0.15, -0.1) is 16.4 Å². The smallest absolute Gasteiger partial charge is 0.249 e. The summed E-state index contributed by atoms with van der Waals surface area (Å²) in [5.74, 6) is 2.02. The van der Waals surface area contributed by atoms with Gasteiger partial charge in [0.25, 0.3) is 0 Å². The van der Waals surface area contributed by atoms with E-state index in [4.69, 9.17) is 15.1 Å². The van der Waals surface area contributed by atoms with Crippen LogP contribution in [0.5, 0.6) is 0 Å². The van der Waals surface area contributed by atoms with Gasteiger partial charge in [-0.25, -0.2) is 14.5 Å². The Morgan fingerprint density at radius 3 is 2.39 bits per heavy atom. The molecule has 0 radical (unpaired) electrons. The topological polar surface area (TPSA) is 68.0 Å². The zero-order valence-electron chi connectivity index (χ0n) is 19.5. The van der Waals surface area contributed by atoms with Crippen LogP contribution in [0.3, 0.4) is 0 Å². The van der Waals surface area contributed by atoms with Crippen LogP contribution in [-0.4, -0.2) is 24.6 Å². The number of hydrogen-bond acceptors (Lipinski definition) is 6. The second-order valence-corrected chi connectivity index (χ2v) is 9.38. The lowest BCUT2D eigenvalue weighted by Gasteiger charge is -2.13. The summed E-state index contributed by atoms with van der Waals surface area (Å²) in [5.41, 5.74) is 9.16. The molecule has 3 aromatic heterocycles. The maximum atomic E-state index is 4.77. The molecule has 2 aromatic carbocycles. The zero-order chi connectivity index (χ0) is 23.1. The van der Waals surface area contributed by atoms with Gasteiger partial charge in [-0.1, -0.05) is 53.6 Å². The molecule has 1 N–H and O–H groups in total. The molecular formula is C26H26N6S. The molecule has 0 aliphatic carbocycles. The Hall–Kier alpha value is -3.58. The molecule has 0 amide bonds. The summed E-state index contributed by atoms with van der Waals surface area (Å²) in [4.78, 5) is 14.9. The van der Waals surface area contributed by atoms with E-state index >= 15 is 0 Å². The number of nitrogens with zero attached hydrogens (tertiary/aromatic N) is 5. The van der Waals surface area contributed by atoms with E-state index in [-0.39, 0.29) is 0 Å². The largest absolute Gasteiger partial charge is 0.307 e. The van der Waals surface area contributed by atoms with Gasteiger partial charge in [-0.05, 0) is 45.7 Å². The second-order valence-electron chi connectivity index (χ2n) is 8.54. The van der Waals surface area contributed by atoms with Crippen LogP contribution in [0.2, 0.25) is 0 Å². The molecule has 6 nitrogen and oxygen atoms in total. The Bertz CT molecular complexity index is 1460. The Morgan fingerprint density at radius 2 is 1.64 bits per heavy atom. The highest BCUT2D eigenvalue weighted by atomic mass is 32.1. The van der Waals surface area contributed by atoms with Gasteiger partial charge in [0.15, 0.2) is 0 Å². The van der Waals surface area contributed by atoms with Gasteiger partial charge in [-0.3, -0.25) is 0 Å². The van der Waals surface area contributed by atoms with E-state index in [1.807, 2.05) is 18.4 Å². The summed E-state index contributed by atoms with van der Waals surface area (Å²) in [6.07, 6.45) is 0.741. The molecule has 33 heavy (non-hydrogen) atoms. The molecule has 5 rings (SSSR count). The van der Waals surface area contributed by atoms with Crippen LogP contribution in [0.4, 0.5) is 11.8 Å². The van der Waals surface area contributed by atoms with Crippen molar-refractivity contribution in [3.8, 4) is 11.3 Å². The number of rotatable bonds is 5. The Labute approximate surface area is 197 Å². The number of benzene rings is 2. The van der Waals surface area contributed by atoms with E-state index in [0.717, 1.165) is 45.5 Å². The first-order chi connectivity index (χ1) is 15.9. The van der Waals surface area contributed by atoms with Crippen LogP contribution >= 0.6 is 11.3 Å². The SMILES string of the molecule is Cc1ccc(Cc2c(C)nc(C)nc2Nc2nc3scc(-c4ccc(C)cc4C)n3n2)cc1. The Morgan fingerprint density at radius 1 is 0.879 bits per heavy atom. The molecule has 0 spiro atoms. The predicted octanol–water partition coefficient (Wildman–Crippen LogP) is 6.12. The van der Waals surface area contributed by atoms with Crippen LogP contribution in [0.15, 0.2) is 47.8 Å². The summed E-state index contributed by atoms with van der Waals surface area (Å²) in [6, 6.07) is 15.0. The van der Waals surface area contributed by atoms with E-state index in [9.17, 15) is 0 Å². The number of nitrogens with one attached hydrogen (secondary N) is 1. The monoisotopic (exact) mass is 454 g/mol. The summed E-state index contributed by atoms with van der Waals surface area (Å²) < 4.78 is 1.91. The van der Waals surface area contributed by atoms with Crippen LogP contribution in [0, 0.1) is 34.6 Å². The molecule has 5 aromatic rings. The molecule has 0 unspecified atom stereocenters. The van der Waals surface area contributed by atoms with E-state index in [2.05, 4.69) is 78.9 Å². The molecular weight excluding hydrogens is 428 g/mol. The average molecular weight is 455 g/mol. The fourth-order valence-electron chi connectivity index (χ4n) is 4.09. The molecule has 166 valence electrons. The van der Waals surface area contributed by atoms with Crippen LogP contribution < -0.4 is 5.32 Å². The van der Waals surface area contributed by atoms with E-state index in [0.29, 0.717) is 5.95 Å². The highest BCUT2D eigenvalue weighted by molar-refractivity contribution is 7.15. The van der Waals surface area contributed by atoms with Crippen molar-refractivity contribution in [3.05, 3.63) is 87.2 Å². The number of hydrogen-bond donors (Lipinski definition) is 1. The lowest BCUT2D eigenvalue weighted by atomic mass is 10.0. The predicted molar refractivity (Wildman–Crippen MR) is 135 cm³/mol.